The molecule has 0 saturated carbocycles. The van der Waals surface area contributed by atoms with Gasteiger partial charge < -0.3 is 15.1 Å². The monoisotopic (exact) mass is 304 g/mol. The molecule has 2 unspecified atom stereocenters. The first-order valence-corrected chi connectivity index (χ1v) is 8.07. The van der Waals surface area contributed by atoms with Gasteiger partial charge in [-0.15, -0.1) is 0 Å². The summed E-state index contributed by atoms with van der Waals surface area (Å²) in [7, 11) is 0. The third-order valence-electron chi connectivity index (χ3n) is 4.74. The summed E-state index contributed by atoms with van der Waals surface area (Å²) >= 11 is 0. The summed E-state index contributed by atoms with van der Waals surface area (Å²) in [5.74, 6) is 0.141. The highest BCUT2D eigenvalue weighted by atomic mass is 16.3. The minimum absolute atomic E-state index is 0.0480. The molecule has 2 aliphatic rings. The Balaban J connectivity index is 1.63. The number of benzene rings is 1. The number of hydrogen-bond acceptors (Lipinski definition) is 4. The zero-order chi connectivity index (χ0) is 15.5. The number of carbonyl (C=O) groups is 1. The van der Waals surface area contributed by atoms with E-state index in [1.165, 1.54) is 5.56 Å². The molecule has 2 atom stereocenters. The number of hydrogen-bond donors (Lipinski definition) is 2. The average Bonchev–Trinajstić information content (AvgIpc) is 2.92. The second kappa shape index (κ2) is 6.77. The number of β-amino-alcohol motifs (C(OH)–C–C–N with tert-alkyl or cyclic N) is 1. The fourth-order valence-electron chi connectivity index (χ4n) is 3.62. The van der Waals surface area contributed by atoms with E-state index in [-0.39, 0.29) is 18.6 Å². The first kappa shape index (κ1) is 15.5. The van der Waals surface area contributed by atoms with Gasteiger partial charge >= 0.3 is 0 Å². The Morgan fingerprint density at radius 2 is 2.00 bits per heavy atom. The standard InChI is InChI=1S/C17H24N2O3/c20-12-16-15-5-2-1-4-13(15)7-9-18(16)10-14(21)11-19-8-3-6-17(19)22/h1-2,4-5,14,16,20-21H,3,6-12H2. The molecule has 1 amide bonds. The first-order chi connectivity index (χ1) is 10.7. The van der Waals surface area contributed by atoms with Crippen molar-refractivity contribution in [2.75, 3.05) is 32.8 Å². The molecule has 1 aromatic carbocycles. The molecule has 22 heavy (non-hydrogen) atoms. The van der Waals surface area contributed by atoms with E-state index in [1.807, 2.05) is 12.1 Å². The Labute approximate surface area is 131 Å². The van der Waals surface area contributed by atoms with E-state index in [2.05, 4.69) is 17.0 Å². The van der Waals surface area contributed by atoms with Crippen molar-refractivity contribution in [3.63, 3.8) is 0 Å². The maximum atomic E-state index is 11.6. The van der Waals surface area contributed by atoms with E-state index >= 15 is 0 Å². The summed E-state index contributed by atoms with van der Waals surface area (Å²) in [5.41, 5.74) is 2.43. The van der Waals surface area contributed by atoms with Crippen molar-refractivity contribution < 1.29 is 15.0 Å². The summed E-state index contributed by atoms with van der Waals surface area (Å²) in [4.78, 5) is 15.5. The third kappa shape index (κ3) is 3.16. The summed E-state index contributed by atoms with van der Waals surface area (Å²) in [5, 5.41) is 20.1. The maximum Gasteiger partial charge on any atom is 0.222 e. The lowest BCUT2D eigenvalue weighted by Crippen LogP contribution is -2.45. The number of aliphatic hydroxyl groups excluding tert-OH is 2. The zero-order valence-corrected chi connectivity index (χ0v) is 12.8. The molecular weight excluding hydrogens is 280 g/mol. The molecule has 0 aromatic heterocycles. The van der Waals surface area contributed by atoms with E-state index in [9.17, 15) is 15.0 Å². The van der Waals surface area contributed by atoms with Gasteiger partial charge in [0.1, 0.15) is 0 Å². The largest absolute Gasteiger partial charge is 0.394 e. The van der Waals surface area contributed by atoms with Crippen molar-refractivity contribution in [1.29, 1.82) is 0 Å². The minimum Gasteiger partial charge on any atom is -0.394 e. The topological polar surface area (TPSA) is 64.0 Å². The second-order valence-electron chi connectivity index (χ2n) is 6.24. The smallest absolute Gasteiger partial charge is 0.222 e. The molecular formula is C17H24N2O3. The van der Waals surface area contributed by atoms with Gasteiger partial charge in [-0.05, 0) is 24.0 Å². The molecule has 0 bridgehead atoms. The van der Waals surface area contributed by atoms with Crippen LogP contribution in [0, 0.1) is 0 Å². The number of rotatable bonds is 5. The van der Waals surface area contributed by atoms with Crippen molar-refractivity contribution in [2.45, 2.75) is 31.4 Å². The van der Waals surface area contributed by atoms with E-state index in [0.717, 1.165) is 31.5 Å². The molecule has 2 heterocycles. The number of likely N-dealkylation sites (tertiary alicyclic amines) is 1. The molecule has 1 saturated heterocycles. The van der Waals surface area contributed by atoms with Crippen molar-refractivity contribution in [3.05, 3.63) is 35.4 Å². The SMILES string of the molecule is O=C1CCCN1CC(O)CN1CCc2ccccc2C1CO. The lowest BCUT2D eigenvalue weighted by molar-refractivity contribution is -0.129. The van der Waals surface area contributed by atoms with Gasteiger partial charge in [0.25, 0.3) is 0 Å². The number of fused-ring (bicyclic) bond motifs is 1. The van der Waals surface area contributed by atoms with E-state index in [4.69, 9.17) is 0 Å². The van der Waals surface area contributed by atoms with Gasteiger partial charge in [-0.1, -0.05) is 24.3 Å². The molecule has 0 radical (unpaired) electrons. The van der Waals surface area contributed by atoms with Crippen molar-refractivity contribution in [1.82, 2.24) is 9.80 Å². The minimum atomic E-state index is -0.568. The van der Waals surface area contributed by atoms with Crippen molar-refractivity contribution >= 4 is 5.91 Å². The summed E-state index contributed by atoms with van der Waals surface area (Å²) < 4.78 is 0. The van der Waals surface area contributed by atoms with Gasteiger partial charge in [0.05, 0.1) is 18.8 Å². The molecule has 2 aliphatic heterocycles. The van der Waals surface area contributed by atoms with Crippen LogP contribution in [0.15, 0.2) is 24.3 Å². The van der Waals surface area contributed by atoms with Crippen LogP contribution >= 0.6 is 0 Å². The highest BCUT2D eigenvalue weighted by molar-refractivity contribution is 5.78. The quantitative estimate of drug-likeness (QED) is 0.834. The van der Waals surface area contributed by atoms with Crippen LogP contribution in [0.2, 0.25) is 0 Å². The van der Waals surface area contributed by atoms with Gasteiger partial charge in [-0.25, -0.2) is 0 Å². The molecule has 5 heteroatoms. The van der Waals surface area contributed by atoms with E-state index in [0.29, 0.717) is 19.5 Å². The van der Waals surface area contributed by atoms with Crippen LogP contribution in [0.5, 0.6) is 0 Å². The van der Waals surface area contributed by atoms with Gasteiger partial charge in [0, 0.05) is 32.6 Å². The zero-order valence-electron chi connectivity index (χ0n) is 12.8. The Morgan fingerprint density at radius 3 is 2.73 bits per heavy atom. The molecule has 5 nitrogen and oxygen atoms in total. The summed E-state index contributed by atoms with van der Waals surface area (Å²) in [6.45, 7) is 2.51. The second-order valence-corrected chi connectivity index (χ2v) is 6.24. The Morgan fingerprint density at radius 1 is 1.18 bits per heavy atom. The molecule has 3 rings (SSSR count). The summed E-state index contributed by atoms with van der Waals surface area (Å²) in [6.07, 6.45) is 1.86. The first-order valence-electron chi connectivity index (χ1n) is 8.07. The lowest BCUT2D eigenvalue weighted by atomic mass is 9.93. The Hall–Kier alpha value is -1.43. The molecule has 2 N–H and O–H groups in total. The maximum absolute atomic E-state index is 11.6. The van der Waals surface area contributed by atoms with Crippen molar-refractivity contribution in [2.24, 2.45) is 0 Å². The fraction of sp³-hybridized carbons (Fsp3) is 0.588. The lowest BCUT2D eigenvalue weighted by Gasteiger charge is -2.37. The average molecular weight is 304 g/mol. The van der Waals surface area contributed by atoms with Crippen LogP contribution in [0.25, 0.3) is 0 Å². The molecule has 0 aliphatic carbocycles. The van der Waals surface area contributed by atoms with Crippen LogP contribution in [0.3, 0.4) is 0 Å². The molecule has 0 spiro atoms. The Kier molecular flexibility index (Phi) is 4.76. The number of carbonyl (C=O) groups excluding carboxylic acids is 1. The molecule has 1 aromatic rings. The Bertz CT molecular complexity index is 534. The van der Waals surface area contributed by atoms with E-state index < -0.39 is 6.10 Å². The van der Waals surface area contributed by atoms with Gasteiger partial charge in [-0.2, -0.15) is 0 Å². The number of nitrogens with zero attached hydrogens (tertiary/aromatic N) is 2. The third-order valence-corrected chi connectivity index (χ3v) is 4.74. The van der Waals surface area contributed by atoms with Crippen LogP contribution in [0.4, 0.5) is 0 Å². The van der Waals surface area contributed by atoms with Gasteiger partial charge in [0.15, 0.2) is 0 Å². The van der Waals surface area contributed by atoms with Crippen LogP contribution in [0.1, 0.15) is 30.0 Å². The predicted molar refractivity (Wildman–Crippen MR) is 83.4 cm³/mol. The highest BCUT2D eigenvalue weighted by Gasteiger charge is 2.29. The molecule has 1 fully saturated rings. The van der Waals surface area contributed by atoms with Crippen LogP contribution < -0.4 is 0 Å². The van der Waals surface area contributed by atoms with Gasteiger partial charge in [-0.3, -0.25) is 9.69 Å². The van der Waals surface area contributed by atoms with Crippen LogP contribution in [-0.4, -0.2) is 64.8 Å². The predicted octanol–water partition coefficient (Wildman–Crippen LogP) is 0.561. The highest BCUT2D eigenvalue weighted by Crippen LogP contribution is 2.29. The summed E-state index contributed by atoms with van der Waals surface area (Å²) in [6, 6.07) is 8.11. The molecule has 120 valence electrons. The van der Waals surface area contributed by atoms with Crippen LogP contribution in [-0.2, 0) is 11.2 Å². The number of amides is 1. The number of aliphatic hydroxyl groups is 2. The normalized spacial score (nSPS) is 23.6. The van der Waals surface area contributed by atoms with Gasteiger partial charge in [0.2, 0.25) is 5.91 Å². The van der Waals surface area contributed by atoms with Crippen molar-refractivity contribution in [3.8, 4) is 0 Å². The fourth-order valence-corrected chi connectivity index (χ4v) is 3.62. The van der Waals surface area contributed by atoms with E-state index in [1.54, 1.807) is 4.90 Å².